The molecule has 0 fully saturated rings. The van der Waals surface area contributed by atoms with Gasteiger partial charge in [0.15, 0.2) is 5.96 Å². The van der Waals surface area contributed by atoms with Crippen LogP contribution in [0.1, 0.15) is 36.9 Å². The van der Waals surface area contributed by atoms with Gasteiger partial charge < -0.3 is 11.1 Å². The van der Waals surface area contributed by atoms with E-state index in [1.807, 2.05) is 6.92 Å². The summed E-state index contributed by atoms with van der Waals surface area (Å²) in [6.45, 7) is 7.79. The highest BCUT2D eigenvalue weighted by Gasteiger charge is 2.08. The van der Waals surface area contributed by atoms with Crippen molar-refractivity contribution in [2.24, 2.45) is 10.7 Å². The Bertz CT molecular complexity index is 346. The van der Waals surface area contributed by atoms with Crippen molar-refractivity contribution >= 4 is 17.3 Å². The fourth-order valence-corrected chi connectivity index (χ4v) is 2.07. The molecule has 1 atom stereocenters. The monoisotopic (exact) mass is 240 g/mol. The van der Waals surface area contributed by atoms with Crippen LogP contribution >= 0.6 is 11.3 Å². The van der Waals surface area contributed by atoms with E-state index in [-0.39, 0.29) is 0 Å². The van der Waals surface area contributed by atoms with Crippen molar-refractivity contribution in [1.82, 2.24) is 10.3 Å². The Morgan fingerprint density at radius 2 is 2.44 bits per heavy atom. The van der Waals surface area contributed by atoms with E-state index in [1.165, 1.54) is 0 Å². The van der Waals surface area contributed by atoms with Crippen molar-refractivity contribution in [3.63, 3.8) is 0 Å². The summed E-state index contributed by atoms with van der Waals surface area (Å²) >= 11 is 1.69. The second-order valence-electron chi connectivity index (χ2n) is 3.88. The smallest absolute Gasteiger partial charge is 0.188 e. The number of guanidine groups is 1. The zero-order valence-corrected chi connectivity index (χ0v) is 11.0. The van der Waals surface area contributed by atoms with E-state index in [1.54, 1.807) is 11.3 Å². The minimum atomic E-state index is 0.334. The van der Waals surface area contributed by atoms with Gasteiger partial charge in [0.25, 0.3) is 0 Å². The molecule has 1 heterocycles. The van der Waals surface area contributed by atoms with Crippen LogP contribution in [0.25, 0.3) is 0 Å². The Balaban J connectivity index is 2.42. The first-order chi connectivity index (χ1) is 7.63. The number of nitrogens with one attached hydrogen (secondary N) is 1. The normalized spacial score (nSPS) is 13.8. The van der Waals surface area contributed by atoms with Crippen molar-refractivity contribution < 1.29 is 0 Å². The molecule has 0 bridgehead atoms. The summed E-state index contributed by atoms with van der Waals surface area (Å²) in [7, 11) is 0. The molecule has 1 aromatic heterocycles. The maximum Gasteiger partial charge on any atom is 0.188 e. The van der Waals surface area contributed by atoms with E-state index in [2.05, 4.69) is 34.5 Å². The van der Waals surface area contributed by atoms with Crippen LogP contribution in [0.2, 0.25) is 0 Å². The number of nitrogens with zero attached hydrogens (tertiary/aromatic N) is 2. The third kappa shape index (κ3) is 4.18. The van der Waals surface area contributed by atoms with Crippen molar-refractivity contribution in [3.05, 3.63) is 16.1 Å². The molecular weight excluding hydrogens is 220 g/mol. The summed E-state index contributed by atoms with van der Waals surface area (Å²) in [6, 6.07) is 0. The van der Waals surface area contributed by atoms with Gasteiger partial charge in [-0.05, 0) is 13.3 Å². The number of nitrogens with two attached hydrogens (primary N) is 1. The maximum absolute atomic E-state index is 5.71. The van der Waals surface area contributed by atoms with Crippen LogP contribution in [0.15, 0.2) is 10.4 Å². The van der Waals surface area contributed by atoms with Gasteiger partial charge in [-0.3, -0.25) is 4.99 Å². The first-order valence-electron chi connectivity index (χ1n) is 5.59. The molecule has 90 valence electrons. The van der Waals surface area contributed by atoms with Crippen molar-refractivity contribution in [2.75, 3.05) is 13.1 Å². The highest BCUT2D eigenvalue weighted by molar-refractivity contribution is 7.09. The summed E-state index contributed by atoms with van der Waals surface area (Å²) in [5.41, 5.74) is 6.79. The van der Waals surface area contributed by atoms with Gasteiger partial charge in [0.2, 0.25) is 0 Å². The van der Waals surface area contributed by atoms with E-state index in [0.717, 1.165) is 23.7 Å². The predicted octanol–water partition coefficient (Wildman–Crippen LogP) is 1.87. The van der Waals surface area contributed by atoms with Gasteiger partial charge in [-0.1, -0.05) is 13.8 Å². The number of rotatable bonds is 5. The number of aryl methyl sites for hydroxylation is 1. The lowest BCUT2D eigenvalue weighted by atomic mass is 10.2. The SMILES string of the molecule is CCCNC(N)=NCC(C)c1nc(C)cs1. The number of thiazole rings is 1. The average Bonchev–Trinajstić information content (AvgIpc) is 2.69. The Hall–Kier alpha value is -1.10. The Labute approximate surface area is 101 Å². The van der Waals surface area contributed by atoms with Crippen molar-refractivity contribution in [2.45, 2.75) is 33.1 Å². The lowest BCUT2D eigenvalue weighted by Gasteiger charge is -2.06. The van der Waals surface area contributed by atoms with Gasteiger partial charge in [0.05, 0.1) is 11.6 Å². The lowest BCUT2D eigenvalue weighted by molar-refractivity contribution is 0.751. The highest BCUT2D eigenvalue weighted by Crippen LogP contribution is 2.19. The molecule has 3 N–H and O–H groups in total. The average molecular weight is 240 g/mol. The standard InChI is InChI=1S/C11H20N4S/c1-4-5-13-11(12)14-6-8(2)10-15-9(3)7-16-10/h7-8H,4-6H2,1-3H3,(H3,12,13,14). The van der Waals surface area contributed by atoms with Gasteiger partial charge in [-0.25, -0.2) is 4.98 Å². The lowest BCUT2D eigenvalue weighted by Crippen LogP contribution is -2.32. The largest absolute Gasteiger partial charge is 0.370 e. The van der Waals surface area contributed by atoms with E-state index in [0.29, 0.717) is 18.4 Å². The summed E-state index contributed by atoms with van der Waals surface area (Å²) < 4.78 is 0. The molecule has 0 aliphatic carbocycles. The summed E-state index contributed by atoms with van der Waals surface area (Å²) in [5.74, 6) is 0.864. The Morgan fingerprint density at radius 3 is 3.00 bits per heavy atom. The number of aliphatic imine (C=N–C) groups is 1. The molecule has 1 unspecified atom stereocenters. The molecule has 5 heteroatoms. The van der Waals surface area contributed by atoms with Gasteiger partial charge in [-0.15, -0.1) is 11.3 Å². The molecule has 1 rings (SSSR count). The van der Waals surface area contributed by atoms with Crippen molar-refractivity contribution in [3.8, 4) is 0 Å². The quantitative estimate of drug-likeness (QED) is 0.610. The van der Waals surface area contributed by atoms with Gasteiger partial charge in [0.1, 0.15) is 0 Å². The van der Waals surface area contributed by atoms with Crippen LogP contribution in [0, 0.1) is 6.92 Å². The molecule has 0 aliphatic heterocycles. The second kappa shape index (κ2) is 6.48. The first-order valence-corrected chi connectivity index (χ1v) is 6.47. The van der Waals surface area contributed by atoms with E-state index >= 15 is 0 Å². The van der Waals surface area contributed by atoms with Gasteiger partial charge in [-0.2, -0.15) is 0 Å². The van der Waals surface area contributed by atoms with Crippen LogP contribution in [-0.4, -0.2) is 24.0 Å². The van der Waals surface area contributed by atoms with Crippen LogP contribution in [0.3, 0.4) is 0 Å². The zero-order chi connectivity index (χ0) is 12.0. The first kappa shape index (κ1) is 13.0. The third-order valence-corrected chi connectivity index (χ3v) is 3.34. The molecule has 0 aromatic carbocycles. The van der Waals surface area contributed by atoms with Crippen LogP contribution in [-0.2, 0) is 0 Å². The molecule has 16 heavy (non-hydrogen) atoms. The van der Waals surface area contributed by atoms with E-state index < -0.39 is 0 Å². The fraction of sp³-hybridized carbons (Fsp3) is 0.636. The molecular formula is C11H20N4S. The van der Waals surface area contributed by atoms with Crippen LogP contribution in [0.4, 0.5) is 0 Å². The molecule has 0 saturated carbocycles. The molecule has 4 nitrogen and oxygen atoms in total. The molecule has 0 amide bonds. The zero-order valence-electron chi connectivity index (χ0n) is 10.2. The highest BCUT2D eigenvalue weighted by atomic mass is 32.1. The summed E-state index contributed by atoms with van der Waals surface area (Å²) in [6.07, 6.45) is 1.05. The topological polar surface area (TPSA) is 63.3 Å². The molecule has 0 spiro atoms. The van der Waals surface area contributed by atoms with Crippen molar-refractivity contribution in [1.29, 1.82) is 0 Å². The van der Waals surface area contributed by atoms with Gasteiger partial charge >= 0.3 is 0 Å². The minimum Gasteiger partial charge on any atom is -0.370 e. The molecule has 0 aliphatic rings. The fourth-order valence-electron chi connectivity index (χ4n) is 1.22. The second-order valence-corrected chi connectivity index (χ2v) is 4.77. The van der Waals surface area contributed by atoms with Crippen LogP contribution < -0.4 is 11.1 Å². The molecule has 1 aromatic rings. The number of aromatic nitrogens is 1. The van der Waals surface area contributed by atoms with Gasteiger partial charge in [0, 0.05) is 23.5 Å². The number of hydrogen-bond acceptors (Lipinski definition) is 3. The predicted molar refractivity (Wildman–Crippen MR) is 70.0 cm³/mol. The molecule has 0 saturated heterocycles. The van der Waals surface area contributed by atoms with E-state index in [9.17, 15) is 0 Å². The van der Waals surface area contributed by atoms with E-state index in [4.69, 9.17) is 5.73 Å². The van der Waals surface area contributed by atoms with Crippen LogP contribution in [0.5, 0.6) is 0 Å². The molecule has 0 radical (unpaired) electrons. The Morgan fingerprint density at radius 1 is 1.69 bits per heavy atom. The Kier molecular flexibility index (Phi) is 5.25. The maximum atomic E-state index is 5.71. The number of hydrogen-bond donors (Lipinski definition) is 2. The third-order valence-electron chi connectivity index (χ3n) is 2.15. The minimum absolute atomic E-state index is 0.334. The summed E-state index contributed by atoms with van der Waals surface area (Å²) in [5, 5.41) is 6.25. The summed E-state index contributed by atoms with van der Waals surface area (Å²) in [4.78, 5) is 8.74.